The second-order valence-corrected chi connectivity index (χ2v) is 6.83. The summed E-state index contributed by atoms with van der Waals surface area (Å²) in [6.07, 6.45) is -1.51. The van der Waals surface area contributed by atoms with Gasteiger partial charge in [0, 0.05) is 31.4 Å². The number of carbonyl (C=O) groups is 1. The van der Waals surface area contributed by atoms with Gasteiger partial charge in [-0.05, 0) is 17.7 Å². The van der Waals surface area contributed by atoms with Crippen molar-refractivity contribution >= 4 is 11.8 Å². The maximum Gasteiger partial charge on any atom is 0.411 e. The third-order valence-corrected chi connectivity index (χ3v) is 4.46. The van der Waals surface area contributed by atoms with E-state index < -0.39 is 24.9 Å². The number of carboxylic acid groups (broad SMARTS) is 1. The summed E-state index contributed by atoms with van der Waals surface area (Å²) in [5.41, 5.74) is 6.08. The average Bonchev–Trinajstić information content (AvgIpc) is 3.13. The molecule has 0 fully saturated rings. The maximum atomic E-state index is 12.8. The summed E-state index contributed by atoms with van der Waals surface area (Å²) in [5, 5.41) is 17.7. The minimum atomic E-state index is -4.74. The summed E-state index contributed by atoms with van der Waals surface area (Å²) in [6.45, 7) is -0.959. The normalized spacial score (nSPS) is 12.5. The first-order valence-electron chi connectivity index (χ1n) is 9.04. The fraction of sp³-hybridized carbons (Fsp3) is 0.263. The summed E-state index contributed by atoms with van der Waals surface area (Å²) in [5.74, 6) is 0. The van der Waals surface area contributed by atoms with Crippen molar-refractivity contribution in [2.75, 3.05) is 11.4 Å². The number of amides is 1. The molecule has 1 aromatic carbocycles. The van der Waals surface area contributed by atoms with Crippen LogP contribution in [0.4, 0.5) is 23.7 Å². The number of hydrogen-bond acceptors (Lipinski definition) is 5. The summed E-state index contributed by atoms with van der Waals surface area (Å²) >= 11 is 0. The zero-order chi connectivity index (χ0) is 22.8. The second-order valence-electron chi connectivity index (χ2n) is 6.83. The molecule has 31 heavy (non-hydrogen) atoms. The number of alkyl halides is 3. The molecule has 0 saturated carbocycles. The highest BCUT2D eigenvalue weighted by Gasteiger charge is 2.39. The lowest BCUT2D eigenvalue weighted by Gasteiger charge is -2.24. The fourth-order valence-electron chi connectivity index (χ4n) is 2.86. The lowest BCUT2D eigenvalue weighted by molar-refractivity contribution is -0.145. The highest BCUT2D eigenvalue weighted by atomic mass is 19.4. The van der Waals surface area contributed by atoms with Gasteiger partial charge in [0.15, 0.2) is 0 Å². The number of nitrogens with zero attached hydrogens (tertiary/aromatic N) is 5. The molecule has 0 aliphatic carbocycles. The Hall–Kier alpha value is -3.67. The minimum Gasteiger partial charge on any atom is -0.465 e. The van der Waals surface area contributed by atoms with E-state index in [0.717, 1.165) is 0 Å². The number of halogens is 3. The van der Waals surface area contributed by atoms with Crippen molar-refractivity contribution < 1.29 is 23.1 Å². The molecule has 164 valence electrons. The van der Waals surface area contributed by atoms with Crippen molar-refractivity contribution in [2.45, 2.75) is 18.6 Å². The van der Waals surface area contributed by atoms with E-state index >= 15 is 0 Å². The number of rotatable bonds is 6. The minimum absolute atomic E-state index is 0.00761. The molecule has 12 heteroatoms. The molecular formula is C19H19F3N6O3. The van der Waals surface area contributed by atoms with Gasteiger partial charge in [0.05, 0.1) is 18.9 Å². The molecule has 0 saturated heterocycles. The van der Waals surface area contributed by atoms with Gasteiger partial charge in [0.2, 0.25) is 5.43 Å². The molecule has 2 aromatic heterocycles. The first kappa shape index (κ1) is 22.0. The van der Waals surface area contributed by atoms with Crippen LogP contribution in [0, 0.1) is 0 Å². The van der Waals surface area contributed by atoms with Crippen LogP contribution in [0.3, 0.4) is 0 Å². The lowest BCUT2D eigenvalue weighted by Crippen LogP contribution is -2.48. The van der Waals surface area contributed by atoms with E-state index in [9.17, 15) is 27.9 Å². The molecule has 3 aromatic rings. The highest BCUT2D eigenvalue weighted by Crippen LogP contribution is 2.23. The SMILES string of the molecule is Cn1cc(-n2ccc(=O)c(Cc3cccc(N(CC(N)C(F)(F)F)C(=O)O)c3)n2)cn1. The molecule has 0 spiro atoms. The Morgan fingerprint density at radius 2 is 2.06 bits per heavy atom. The zero-order valence-corrected chi connectivity index (χ0v) is 16.3. The van der Waals surface area contributed by atoms with E-state index in [1.54, 1.807) is 30.2 Å². The number of anilines is 1. The Morgan fingerprint density at radius 3 is 2.68 bits per heavy atom. The molecule has 1 atom stereocenters. The van der Waals surface area contributed by atoms with E-state index in [4.69, 9.17) is 5.73 Å². The van der Waals surface area contributed by atoms with Crippen LogP contribution in [-0.4, -0.2) is 49.5 Å². The fourth-order valence-corrected chi connectivity index (χ4v) is 2.86. The first-order valence-corrected chi connectivity index (χ1v) is 9.04. The van der Waals surface area contributed by atoms with E-state index in [1.807, 2.05) is 0 Å². The van der Waals surface area contributed by atoms with Crippen LogP contribution in [0.5, 0.6) is 0 Å². The van der Waals surface area contributed by atoms with Gasteiger partial charge >= 0.3 is 12.3 Å². The van der Waals surface area contributed by atoms with E-state index in [1.165, 1.54) is 35.1 Å². The third kappa shape index (κ3) is 5.28. The standard InChI is InChI=1S/C19H19F3N6O3/c1-26-10-14(9-24-26)28-6-5-16(29)15(25-28)8-12-3-2-4-13(7-12)27(18(30)31)11-17(23)19(20,21)22/h2-7,9-10,17H,8,11,23H2,1H3,(H,30,31). The number of benzene rings is 1. The van der Waals surface area contributed by atoms with E-state index in [-0.39, 0.29) is 23.2 Å². The lowest BCUT2D eigenvalue weighted by atomic mass is 10.1. The molecule has 1 amide bonds. The monoisotopic (exact) mass is 436 g/mol. The topological polar surface area (TPSA) is 119 Å². The zero-order valence-electron chi connectivity index (χ0n) is 16.3. The van der Waals surface area contributed by atoms with Crippen LogP contribution in [0.1, 0.15) is 11.3 Å². The molecule has 0 aliphatic heterocycles. The van der Waals surface area contributed by atoms with Crippen molar-refractivity contribution in [2.24, 2.45) is 12.8 Å². The van der Waals surface area contributed by atoms with E-state index in [2.05, 4.69) is 10.2 Å². The highest BCUT2D eigenvalue weighted by molar-refractivity contribution is 5.86. The molecule has 0 bridgehead atoms. The average molecular weight is 436 g/mol. The van der Waals surface area contributed by atoms with Crippen LogP contribution in [0.2, 0.25) is 0 Å². The van der Waals surface area contributed by atoms with Gasteiger partial charge in [-0.15, -0.1) is 0 Å². The third-order valence-electron chi connectivity index (χ3n) is 4.46. The maximum absolute atomic E-state index is 12.8. The molecule has 3 N–H and O–H groups in total. The van der Waals surface area contributed by atoms with Gasteiger partial charge in [-0.25, -0.2) is 9.48 Å². The van der Waals surface area contributed by atoms with E-state index in [0.29, 0.717) is 16.2 Å². The summed E-state index contributed by atoms with van der Waals surface area (Å²) in [4.78, 5) is 24.3. The first-order chi connectivity index (χ1) is 14.5. The number of aromatic nitrogens is 4. The molecule has 0 radical (unpaired) electrons. The molecule has 3 rings (SSSR count). The van der Waals surface area contributed by atoms with Crippen LogP contribution in [0.15, 0.2) is 53.7 Å². The van der Waals surface area contributed by atoms with Crippen LogP contribution < -0.4 is 16.1 Å². The number of aryl methyl sites for hydroxylation is 1. The van der Waals surface area contributed by atoms with Crippen molar-refractivity contribution in [3.63, 3.8) is 0 Å². The van der Waals surface area contributed by atoms with Gasteiger partial charge in [-0.3, -0.25) is 14.4 Å². The number of nitrogens with two attached hydrogens (primary N) is 1. The van der Waals surface area contributed by atoms with Gasteiger partial charge in [-0.1, -0.05) is 12.1 Å². The molecule has 0 aliphatic rings. The Bertz CT molecular complexity index is 1140. The van der Waals surface area contributed by atoms with Crippen LogP contribution in [-0.2, 0) is 13.5 Å². The Balaban J connectivity index is 1.88. The molecule has 2 heterocycles. The van der Waals surface area contributed by atoms with Gasteiger partial charge < -0.3 is 10.8 Å². The Labute approximate surface area is 174 Å². The van der Waals surface area contributed by atoms with Crippen molar-refractivity contribution in [3.8, 4) is 5.69 Å². The number of hydrogen-bond donors (Lipinski definition) is 2. The smallest absolute Gasteiger partial charge is 0.411 e. The molecule has 1 unspecified atom stereocenters. The van der Waals surface area contributed by atoms with Gasteiger partial charge in [0.1, 0.15) is 17.4 Å². The van der Waals surface area contributed by atoms with Crippen LogP contribution in [0.25, 0.3) is 5.69 Å². The summed E-state index contributed by atoms with van der Waals surface area (Å²) in [7, 11) is 1.73. The van der Waals surface area contributed by atoms with Crippen molar-refractivity contribution in [1.29, 1.82) is 0 Å². The molecule has 9 nitrogen and oxygen atoms in total. The van der Waals surface area contributed by atoms with Crippen LogP contribution >= 0.6 is 0 Å². The van der Waals surface area contributed by atoms with Gasteiger partial charge in [0.25, 0.3) is 0 Å². The van der Waals surface area contributed by atoms with Crippen molar-refractivity contribution in [3.05, 3.63) is 70.4 Å². The largest absolute Gasteiger partial charge is 0.465 e. The summed E-state index contributed by atoms with van der Waals surface area (Å²) < 4.78 is 41.4. The Morgan fingerprint density at radius 1 is 1.32 bits per heavy atom. The second kappa shape index (κ2) is 8.60. The predicted molar refractivity (Wildman–Crippen MR) is 105 cm³/mol. The van der Waals surface area contributed by atoms with Crippen molar-refractivity contribution in [1.82, 2.24) is 19.6 Å². The van der Waals surface area contributed by atoms with Gasteiger partial charge in [-0.2, -0.15) is 23.4 Å². The Kier molecular flexibility index (Phi) is 6.11. The molecular weight excluding hydrogens is 417 g/mol. The predicted octanol–water partition coefficient (Wildman–Crippen LogP) is 1.93. The quantitative estimate of drug-likeness (QED) is 0.610. The summed E-state index contributed by atoms with van der Waals surface area (Å²) in [6, 6.07) is 4.85.